The smallest absolute Gasteiger partial charge is 0.416 e. The zero-order valence-corrected chi connectivity index (χ0v) is 29.3. The number of rotatable bonds is 9. The Kier molecular flexibility index (Phi) is 12.7. The van der Waals surface area contributed by atoms with Crippen molar-refractivity contribution in [3.63, 3.8) is 0 Å². The molecule has 0 spiro atoms. The number of amides is 1. The first-order chi connectivity index (χ1) is 23.1. The molecular weight excluding hydrogens is 663 g/mol. The number of alkyl halides is 3. The molecule has 2 N–H and O–H groups in total. The Bertz CT molecular complexity index is 1650. The van der Waals surface area contributed by atoms with Crippen LogP contribution in [0.25, 0.3) is 0 Å². The van der Waals surface area contributed by atoms with Crippen LogP contribution in [0, 0.1) is 5.92 Å². The Balaban J connectivity index is 1.60. The highest BCUT2D eigenvalue weighted by atomic mass is 32.2. The number of nitrogens with one attached hydrogen (secondary N) is 1. The highest BCUT2D eigenvalue weighted by Gasteiger charge is 2.32. The van der Waals surface area contributed by atoms with Crippen LogP contribution in [-0.2, 0) is 34.5 Å². The highest BCUT2D eigenvalue weighted by Crippen LogP contribution is 2.31. The fourth-order valence-corrected chi connectivity index (χ4v) is 6.70. The summed E-state index contributed by atoms with van der Waals surface area (Å²) in [4.78, 5) is 21.8. The topological polar surface area (TPSA) is 126 Å². The van der Waals surface area contributed by atoms with E-state index in [0.717, 1.165) is 30.5 Å². The molecule has 0 saturated carbocycles. The SMILES string of the molecule is C[C@H]1CCCCO[C@H](CN(C)Cc2ccc(C(F)(F)F)cc2)[C@@H](C)CN([C@@H](C)CO)C(=O)c2cc(NS(=O)(=O)c3cn(C)cn3)ccc2O1. The first-order valence-electron chi connectivity index (χ1n) is 16.3. The van der Waals surface area contributed by atoms with E-state index in [0.29, 0.717) is 31.9 Å². The number of carbonyl (C=O) groups excluding carboxylic acids is 1. The van der Waals surface area contributed by atoms with Gasteiger partial charge in [0, 0.05) is 51.1 Å². The van der Waals surface area contributed by atoms with Gasteiger partial charge in [0.2, 0.25) is 0 Å². The lowest BCUT2D eigenvalue weighted by atomic mass is 10.0. The third kappa shape index (κ3) is 10.4. The first kappa shape index (κ1) is 38.1. The van der Waals surface area contributed by atoms with Crippen molar-refractivity contribution in [2.45, 2.75) is 76.0 Å². The molecule has 1 aliphatic heterocycles. The Labute approximate surface area is 286 Å². The molecule has 0 bridgehead atoms. The van der Waals surface area contributed by atoms with E-state index in [2.05, 4.69) is 9.71 Å². The summed E-state index contributed by atoms with van der Waals surface area (Å²) in [6, 6.07) is 9.00. The molecule has 0 saturated heterocycles. The van der Waals surface area contributed by atoms with Crippen molar-refractivity contribution >= 4 is 21.6 Å². The van der Waals surface area contributed by atoms with Gasteiger partial charge in [0.1, 0.15) is 5.75 Å². The van der Waals surface area contributed by atoms with E-state index in [4.69, 9.17) is 9.47 Å². The number of hydrogen-bond donors (Lipinski definition) is 2. The Morgan fingerprint density at radius 1 is 1.14 bits per heavy atom. The number of aryl methyl sites for hydroxylation is 1. The third-order valence-electron chi connectivity index (χ3n) is 8.49. The number of aliphatic hydroxyl groups excluding tert-OH is 1. The van der Waals surface area contributed by atoms with Crippen LogP contribution in [0.4, 0.5) is 18.9 Å². The molecule has 4 atom stereocenters. The van der Waals surface area contributed by atoms with Crippen molar-refractivity contribution in [2.24, 2.45) is 13.0 Å². The van der Waals surface area contributed by atoms with Gasteiger partial charge in [-0.2, -0.15) is 21.6 Å². The monoisotopic (exact) mass is 709 g/mol. The molecule has 0 radical (unpaired) electrons. The molecule has 3 aromatic rings. The molecular formula is C34H46F3N5O6S. The number of aromatic nitrogens is 2. The number of anilines is 1. The number of fused-ring (bicyclic) bond motifs is 1. The normalized spacial score (nSPS) is 20.7. The Morgan fingerprint density at radius 2 is 1.86 bits per heavy atom. The summed E-state index contributed by atoms with van der Waals surface area (Å²) in [5.41, 5.74) is 0.291. The minimum atomic E-state index is -4.41. The maximum Gasteiger partial charge on any atom is 0.416 e. The molecule has 4 rings (SSSR count). The second-order valence-corrected chi connectivity index (χ2v) is 14.5. The van der Waals surface area contributed by atoms with Crippen molar-refractivity contribution in [1.29, 1.82) is 0 Å². The average Bonchev–Trinajstić information content (AvgIpc) is 3.49. The first-order valence-corrected chi connectivity index (χ1v) is 17.7. The molecule has 0 unspecified atom stereocenters. The third-order valence-corrected chi connectivity index (χ3v) is 9.75. The fourth-order valence-electron chi connectivity index (χ4n) is 5.67. The summed E-state index contributed by atoms with van der Waals surface area (Å²) >= 11 is 0. The van der Waals surface area contributed by atoms with Gasteiger partial charge in [0.15, 0.2) is 5.03 Å². The molecule has 49 heavy (non-hydrogen) atoms. The van der Waals surface area contributed by atoms with E-state index in [-0.39, 0.29) is 47.6 Å². The van der Waals surface area contributed by atoms with Crippen LogP contribution in [0.2, 0.25) is 0 Å². The number of nitrogens with zero attached hydrogens (tertiary/aromatic N) is 4. The lowest BCUT2D eigenvalue weighted by Gasteiger charge is -2.36. The number of imidazole rings is 1. The van der Waals surface area contributed by atoms with E-state index in [1.165, 1.54) is 46.3 Å². The summed E-state index contributed by atoms with van der Waals surface area (Å²) < 4.78 is 81.9. The van der Waals surface area contributed by atoms with Gasteiger partial charge in [-0.15, -0.1) is 0 Å². The highest BCUT2D eigenvalue weighted by molar-refractivity contribution is 7.92. The average molecular weight is 710 g/mol. The molecule has 1 amide bonds. The number of halogens is 3. The summed E-state index contributed by atoms with van der Waals surface area (Å²) in [7, 11) is -0.534. The van der Waals surface area contributed by atoms with Gasteiger partial charge in [0.05, 0.1) is 42.3 Å². The maximum absolute atomic E-state index is 14.3. The predicted octanol–water partition coefficient (Wildman–Crippen LogP) is 5.17. The number of ether oxygens (including phenoxy) is 2. The standard InChI is InChI=1S/C34H46F3N5O6S/c1-23-17-42(24(2)21-43)33(44)29-16-28(39-49(45,46)32-20-41(5)22-38-32)13-14-30(29)48-25(3)8-6-7-15-47-31(23)19-40(4)18-26-9-11-27(12-10-26)34(35,36)37/h9-14,16,20,22-25,31,39,43H,6-8,15,17-19,21H2,1-5H3/t23-,24-,25-,31+/m0/s1. The van der Waals surface area contributed by atoms with Crippen LogP contribution < -0.4 is 9.46 Å². The summed E-state index contributed by atoms with van der Waals surface area (Å²) in [6.07, 6.45) is -0.0614. The number of carbonyl (C=O) groups is 1. The molecule has 270 valence electrons. The molecule has 0 aliphatic carbocycles. The second kappa shape index (κ2) is 16.4. The van der Waals surface area contributed by atoms with Crippen LogP contribution in [0.5, 0.6) is 5.75 Å². The lowest BCUT2D eigenvalue weighted by Crippen LogP contribution is -2.47. The van der Waals surface area contributed by atoms with Crippen molar-refractivity contribution < 1.29 is 41.0 Å². The van der Waals surface area contributed by atoms with Gasteiger partial charge in [0.25, 0.3) is 15.9 Å². The van der Waals surface area contributed by atoms with Crippen molar-refractivity contribution in [2.75, 3.05) is 38.1 Å². The van der Waals surface area contributed by atoms with Gasteiger partial charge in [-0.05, 0) is 76.1 Å². The van der Waals surface area contributed by atoms with Crippen LogP contribution in [0.15, 0.2) is 60.0 Å². The molecule has 1 aliphatic rings. The molecule has 1 aromatic heterocycles. The fraction of sp³-hybridized carbons (Fsp3) is 0.529. The van der Waals surface area contributed by atoms with Gasteiger partial charge in [-0.1, -0.05) is 19.1 Å². The molecule has 2 heterocycles. The summed E-state index contributed by atoms with van der Waals surface area (Å²) in [6.45, 7) is 6.73. The van der Waals surface area contributed by atoms with E-state index in [9.17, 15) is 31.5 Å². The number of hydrogen-bond acceptors (Lipinski definition) is 8. The van der Waals surface area contributed by atoms with Gasteiger partial charge >= 0.3 is 6.18 Å². The number of sulfonamides is 1. The van der Waals surface area contributed by atoms with Crippen molar-refractivity contribution in [3.8, 4) is 5.75 Å². The van der Waals surface area contributed by atoms with Gasteiger partial charge < -0.3 is 24.0 Å². The van der Waals surface area contributed by atoms with Crippen LogP contribution in [0.3, 0.4) is 0 Å². The largest absolute Gasteiger partial charge is 0.490 e. The van der Waals surface area contributed by atoms with E-state index in [1.54, 1.807) is 20.0 Å². The van der Waals surface area contributed by atoms with Gasteiger partial charge in [-0.3, -0.25) is 14.4 Å². The zero-order valence-electron chi connectivity index (χ0n) is 28.5. The molecule has 11 nitrogen and oxygen atoms in total. The number of aliphatic hydroxyl groups is 1. The van der Waals surface area contributed by atoms with Crippen molar-refractivity contribution in [3.05, 3.63) is 71.7 Å². The molecule has 2 aromatic carbocycles. The van der Waals surface area contributed by atoms with Crippen LogP contribution in [0.1, 0.15) is 61.5 Å². The maximum atomic E-state index is 14.3. The minimum Gasteiger partial charge on any atom is -0.490 e. The number of benzene rings is 2. The minimum absolute atomic E-state index is 0.134. The Morgan fingerprint density at radius 3 is 2.49 bits per heavy atom. The van der Waals surface area contributed by atoms with E-state index in [1.807, 2.05) is 25.8 Å². The number of likely N-dealkylation sites (N-methyl/N-ethyl adjacent to an activating group) is 1. The molecule has 15 heteroatoms. The Hall–Kier alpha value is -3.66. The second-order valence-electron chi connectivity index (χ2n) is 12.9. The van der Waals surface area contributed by atoms with E-state index >= 15 is 0 Å². The van der Waals surface area contributed by atoms with Crippen molar-refractivity contribution in [1.82, 2.24) is 19.4 Å². The summed E-state index contributed by atoms with van der Waals surface area (Å²) in [5, 5.41) is 10.0. The zero-order chi connectivity index (χ0) is 35.9. The molecule has 0 fully saturated rings. The van der Waals surface area contributed by atoms with Gasteiger partial charge in [-0.25, -0.2) is 4.98 Å². The predicted molar refractivity (Wildman–Crippen MR) is 179 cm³/mol. The quantitative estimate of drug-likeness (QED) is 0.312. The van der Waals surface area contributed by atoms with E-state index < -0.39 is 33.7 Å². The van der Waals surface area contributed by atoms with Crippen LogP contribution in [-0.4, -0.2) is 90.4 Å². The summed E-state index contributed by atoms with van der Waals surface area (Å²) in [5.74, 6) is -0.393. The van der Waals surface area contributed by atoms with Crippen LogP contribution >= 0.6 is 0 Å². The lowest BCUT2D eigenvalue weighted by molar-refractivity contribution is -0.137.